The highest BCUT2D eigenvalue weighted by molar-refractivity contribution is 6.08. The number of hydrogen-bond donors (Lipinski definition) is 0. The topological polar surface area (TPSA) is 68.2 Å². The average molecular weight is 416 g/mol. The van der Waals surface area contributed by atoms with Crippen LogP contribution in [0, 0.1) is 12.8 Å². The molecule has 2 unspecified atom stereocenters. The van der Waals surface area contributed by atoms with Crippen LogP contribution in [0.1, 0.15) is 42.4 Å². The van der Waals surface area contributed by atoms with Crippen LogP contribution < -0.4 is 4.74 Å². The van der Waals surface area contributed by atoms with Crippen molar-refractivity contribution in [2.24, 2.45) is 11.0 Å². The van der Waals surface area contributed by atoms with Crippen LogP contribution in [-0.2, 0) is 4.79 Å². The number of fused-ring (bicyclic) bond motifs is 1. The predicted molar refractivity (Wildman–Crippen MR) is 116 cm³/mol. The Bertz CT molecular complexity index is 1110. The fraction of sp³-hybridized carbons (Fsp3) is 0.280. The first-order valence-corrected chi connectivity index (χ1v) is 10.6. The van der Waals surface area contributed by atoms with Gasteiger partial charge in [0.2, 0.25) is 0 Å². The number of allylic oxidation sites excluding steroid dienone is 1. The lowest BCUT2D eigenvalue weighted by Gasteiger charge is -2.27. The van der Waals surface area contributed by atoms with Gasteiger partial charge in [-0.3, -0.25) is 4.79 Å². The van der Waals surface area contributed by atoms with Crippen molar-refractivity contribution < 1.29 is 18.4 Å². The summed E-state index contributed by atoms with van der Waals surface area (Å²) in [6.45, 7) is 1.91. The third-order valence-corrected chi connectivity index (χ3v) is 5.80. The Kier molecular flexibility index (Phi) is 5.20. The highest BCUT2D eigenvalue weighted by Crippen LogP contribution is 2.44. The predicted octanol–water partition coefficient (Wildman–Crippen LogP) is 5.38. The van der Waals surface area contributed by atoms with Gasteiger partial charge in [0.15, 0.2) is 6.61 Å². The Hall–Kier alpha value is -3.54. The van der Waals surface area contributed by atoms with E-state index in [1.54, 1.807) is 17.5 Å². The van der Waals surface area contributed by atoms with Gasteiger partial charge in [-0.1, -0.05) is 12.1 Å². The highest BCUT2D eigenvalue weighted by atomic mass is 16.5. The zero-order valence-electron chi connectivity index (χ0n) is 17.4. The molecule has 3 aromatic rings. The number of furan rings is 2. The number of hydrogen-bond acceptors (Lipinski definition) is 5. The second kappa shape index (κ2) is 8.30. The molecule has 31 heavy (non-hydrogen) atoms. The van der Waals surface area contributed by atoms with E-state index in [1.165, 1.54) is 0 Å². The molecule has 0 saturated heterocycles. The van der Waals surface area contributed by atoms with Crippen molar-refractivity contribution in [2.45, 2.75) is 32.2 Å². The Morgan fingerprint density at radius 2 is 2.06 bits per heavy atom. The molecule has 1 saturated carbocycles. The Labute approximate surface area is 180 Å². The molecule has 3 heterocycles. The summed E-state index contributed by atoms with van der Waals surface area (Å²) in [5.41, 5.74) is 3.13. The van der Waals surface area contributed by atoms with E-state index in [-0.39, 0.29) is 24.5 Å². The average Bonchev–Trinajstić information content (AvgIpc) is 3.52. The van der Waals surface area contributed by atoms with E-state index in [0.717, 1.165) is 47.6 Å². The van der Waals surface area contributed by atoms with Crippen molar-refractivity contribution in [1.29, 1.82) is 0 Å². The van der Waals surface area contributed by atoms with Gasteiger partial charge >= 0.3 is 0 Å². The minimum absolute atomic E-state index is 0.0820. The maximum atomic E-state index is 13.2. The molecule has 0 spiro atoms. The second-order valence-corrected chi connectivity index (χ2v) is 7.97. The maximum absolute atomic E-state index is 13.2. The van der Waals surface area contributed by atoms with Crippen molar-refractivity contribution >= 4 is 17.7 Å². The van der Waals surface area contributed by atoms with E-state index >= 15 is 0 Å². The minimum Gasteiger partial charge on any atom is -0.484 e. The standard InChI is InChI=1S/C25H24N2O4/c1-17-6-2-8-19(14-17)31-16-23(28)27-25(22-11-5-13-30-22)21-10-3-7-18(24(21)26-27)15-20-9-4-12-29-20/h2,4-6,8-9,11-15,21,25H,3,7,10,16H2,1H3. The lowest BCUT2D eigenvalue weighted by molar-refractivity contribution is -0.136. The summed E-state index contributed by atoms with van der Waals surface area (Å²) in [4.78, 5) is 13.2. The van der Waals surface area contributed by atoms with Crippen molar-refractivity contribution in [2.75, 3.05) is 6.61 Å². The van der Waals surface area contributed by atoms with Crippen LogP contribution in [0.25, 0.3) is 6.08 Å². The molecule has 2 aromatic heterocycles. The summed E-state index contributed by atoms with van der Waals surface area (Å²) in [5, 5.41) is 6.34. The third kappa shape index (κ3) is 3.93. The summed E-state index contributed by atoms with van der Waals surface area (Å²) in [6, 6.07) is 15.0. The number of carbonyl (C=O) groups excluding carboxylic acids is 1. The molecule has 1 aliphatic carbocycles. The number of rotatable bonds is 5. The summed E-state index contributed by atoms with van der Waals surface area (Å²) in [5.74, 6) is 2.10. The molecule has 158 valence electrons. The van der Waals surface area contributed by atoms with Crippen LogP contribution in [0.2, 0.25) is 0 Å². The zero-order chi connectivity index (χ0) is 21.2. The van der Waals surface area contributed by atoms with E-state index < -0.39 is 0 Å². The van der Waals surface area contributed by atoms with Crippen LogP contribution in [0.4, 0.5) is 0 Å². The first kappa shape index (κ1) is 19.4. The quantitative estimate of drug-likeness (QED) is 0.560. The van der Waals surface area contributed by atoms with E-state index in [4.69, 9.17) is 18.7 Å². The molecule has 5 rings (SSSR count). The van der Waals surface area contributed by atoms with Gasteiger partial charge in [-0.15, -0.1) is 0 Å². The van der Waals surface area contributed by atoms with Gasteiger partial charge in [-0.2, -0.15) is 5.10 Å². The first-order chi connectivity index (χ1) is 15.2. The molecular weight excluding hydrogens is 392 g/mol. The van der Waals surface area contributed by atoms with E-state index in [2.05, 4.69) is 0 Å². The molecule has 2 aliphatic rings. The normalized spacial score (nSPS) is 21.8. The number of hydrazone groups is 1. The SMILES string of the molecule is Cc1cccc(OCC(=O)N2N=C3C(=Cc4ccco4)CCCC3C2c2ccco2)c1. The molecule has 1 amide bonds. The number of carbonyl (C=O) groups is 1. The van der Waals surface area contributed by atoms with Crippen LogP contribution >= 0.6 is 0 Å². The molecule has 1 fully saturated rings. The number of nitrogens with zero attached hydrogens (tertiary/aromatic N) is 2. The van der Waals surface area contributed by atoms with Gasteiger partial charge in [0, 0.05) is 5.92 Å². The van der Waals surface area contributed by atoms with Gasteiger partial charge in [-0.25, -0.2) is 5.01 Å². The maximum Gasteiger partial charge on any atom is 0.281 e. The third-order valence-electron chi connectivity index (χ3n) is 5.80. The molecule has 6 nitrogen and oxygen atoms in total. The van der Waals surface area contributed by atoms with Crippen molar-refractivity contribution in [3.05, 3.63) is 83.7 Å². The minimum atomic E-state index is -0.265. The second-order valence-electron chi connectivity index (χ2n) is 7.97. The first-order valence-electron chi connectivity index (χ1n) is 10.6. The Balaban J connectivity index is 1.43. The van der Waals surface area contributed by atoms with Gasteiger partial charge < -0.3 is 13.6 Å². The summed E-state index contributed by atoms with van der Waals surface area (Å²) in [7, 11) is 0. The van der Waals surface area contributed by atoms with E-state index in [1.807, 2.05) is 61.5 Å². The van der Waals surface area contributed by atoms with Gasteiger partial charge in [-0.05, 0) is 79.8 Å². The van der Waals surface area contributed by atoms with E-state index in [9.17, 15) is 4.79 Å². The van der Waals surface area contributed by atoms with Crippen molar-refractivity contribution in [1.82, 2.24) is 5.01 Å². The molecule has 2 atom stereocenters. The monoisotopic (exact) mass is 416 g/mol. The summed E-state index contributed by atoms with van der Waals surface area (Å²) < 4.78 is 17.0. The van der Waals surface area contributed by atoms with Gasteiger partial charge in [0.25, 0.3) is 5.91 Å². The fourth-order valence-corrected chi connectivity index (χ4v) is 4.41. The number of aryl methyl sites for hydroxylation is 1. The van der Waals surface area contributed by atoms with Crippen LogP contribution in [0.15, 0.2) is 80.6 Å². The fourth-order valence-electron chi connectivity index (χ4n) is 4.41. The van der Waals surface area contributed by atoms with Crippen molar-refractivity contribution in [3.63, 3.8) is 0 Å². The van der Waals surface area contributed by atoms with E-state index in [0.29, 0.717) is 5.75 Å². The molecular formula is C25H24N2O4. The molecule has 0 N–H and O–H groups in total. The molecule has 1 aromatic carbocycles. The molecule has 0 radical (unpaired) electrons. The molecule has 0 bridgehead atoms. The number of ether oxygens (including phenoxy) is 1. The largest absolute Gasteiger partial charge is 0.484 e. The molecule has 1 aliphatic heterocycles. The van der Waals surface area contributed by atoms with Gasteiger partial charge in [0.1, 0.15) is 23.3 Å². The Morgan fingerprint density at radius 1 is 1.19 bits per heavy atom. The molecule has 6 heteroatoms. The van der Waals surface area contributed by atoms with Crippen LogP contribution in [-0.4, -0.2) is 23.2 Å². The van der Waals surface area contributed by atoms with Gasteiger partial charge in [0.05, 0.1) is 18.2 Å². The summed E-state index contributed by atoms with van der Waals surface area (Å²) >= 11 is 0. The smallest absolute Gasteiger partial charge is 0.281 e. The number of amides is 1. The summed E-state index contributed by atoms with van der Waals surface area (Å²) in [6.07, 6.45) is 8.20. The zero-order valence-corrected chi connectivity index (χ0v) is 17.4. The van der Waals surface area contributed by atoms with Crippen molar-refractivity contribution in [3.8, 4) is 5.75 Å². The lowest BCUT2D eigenvalue weighted by atomic mass is 9.79. The van der Waals surface area contributed by atoms with Crippen LogP contribution in [0.3, 0.4) is 0 Å². The lowest BCUT2D eigenvalue weighted by Crippen LogP contribution is -2.34. The highest BCUT2D eigenvalue weighted by Gasteiger charge is 2.45. The Morgan fingerprint density at radius 3 is 2.84 bits per heavy atom. The van der Waals surface area contributed by atoms with Crippen LogP contribution in [0.5, 0.6) is 5.75 Å². The number of benzene rings is 1.